The van der Waals surface area contributed by atoms with Gasteiger partial charge in [0.05, 0.1) is 11.3 Å². The zero-order valence-electron chi connectivity index (χ0n) is 27.3. The van der Waals surface area contributed by atoms with Crippen LogP contribution < -0.4 is 30.9 Å². The predicted molar refractivity (Wildman–Crippen MR) is 199 cm³/mol. The zero-order chi connectivity index (χ0) is 34.4. The molecule has 0 fully saturated rings. The van der Waals surface area contributed by atoms with Crippen LogP contribution in [0.15, 0.2) is 146 Å². The molecule has 0 unspecified atom stereocenters. The number of aryl methyl sites for hydroxylation is 1. The van der Waals surface area contributed by atoms with Gasteiger partial charge in [0.25, 0.3) is 6.71 Å². The molecule has 0 N–H and O–H groups in total. The van der Waals surface area contributed by atoms with Crippen LogP contribution in [0.3, 0.4) is 0 Å². The maximum atomic E-state index is 13.7. The number of halogens is 3. The van der Waals surface area contributed by atoms with Crippen molar-refractivity contribution in [2.45, 2.75) is 13.1 Å². The Labute approximate surface area is 293 Å². The smallest absolute Gasteiger partial charge is 0.416 e. The Balaban J connectivity index is 1.25. The second-order valence-corrected chi connectivity index (χ2v) is 13.2. The number of anilines is 6. The van der Waals surface area contributed by atoms with Gasteiger partial charge >= 0.3 is 6.18 Å². The number of ether oxygens (including phenoxy) is 1. The lowest BCUT2D eigenvalue weighted by Crippen LogP contribution is -2.63. The van der Waals surface area contributed by atoms with Gasteiger partial charge in [-0.05, 0) is 114 Å². The molecule has 0 saturated heterocycles. The minimum Gasteiger partial charge on any atom is -0.458 e. The molecule has 0 amide bonds. The van der Waals surface area contributed by atoms with Gasteiger partial charge in [0.15, 0.2) is 0 Å². The first-order chi connectivity index (χ1) is 24.8. The van der Waals surface area contributed by atoms with E-state index < -0.39 is 11.7 Å². The van der Waals surface area contributed by atoms with Gasteiger partial charge in [-0.15, -0.1) is 0 Å². The third kappa shape index (κ3) is 4.45. The first-order valence-corrected chi connectivity index (χ1v) is 16.8. The van der Waals surface area contributed by atoms with E-state index in [0.29, 0.717) is 5.69 Å². The van der Waals surface area contributed by atoms with Gasteiger partial charge in [-0.25, -0.2) is 0 Å². The summed E-state index contributed by atoms with van der Waals surface area (Å²) in [6, 6.07) is 44.7. The average molecular weight is 670 g/mol. The van der Waals surface area contributed by atoms with E-state index in [1.54, 1.807) is 18.3 Å². The number of aromatic nitrogens is 1. The standard InChI is InChI=1S/C43H27BF3N3O/c1-26-14-16-27(17-15-26)32-22-23-37-41-42(32)51-38-13-6-12-36-40(38)44(41)39-34(49(37)30-20-18-29(19-21-30)43(45,46)47)10-5-11-35(39)50(36)31-8-4-7-28(25-31)33-9-2-3-24-48-33/h2-25H,1H3. The fourth-order valence-corrected chi connectivity index (χ4v) is 7.96. The molecule has 51 heavy (non-hydrogen) atoms. The lowest BCUT2D eigenvalue weighted by molar-refractivity contribution is -0.137. The minimum absolute atomic E-state index is 0.174. The van der Waals surface area contributed by atoms with Crippen molar-refractivity contribution < 1.29 is 17.9 Å². The lowest BCUT2D eigenvalue weighted by Gasteiger charge is -2.46. The van der Waals surface area contributed by atoms with E-state index in [9.17, 15) is 13.2 Å². The molecule has 8 heteroatoms. The number of pyridine rings is 1. The molecule has 244 valence electrons. The van der Waals surface area contributed by atoms with E-state index >= 15 is 0 Å². The minimum atomic E-state index is -4.44. The second kappa shape index (κ2) is 10.9. The maximum Gasteiger partial charge on any atom is 0.416 e. The molecule has 4 heterocycles. The van der Waals surface area contributed by atoms with E-state index in [2.05, 4.69) is 94.5 Å². The molecule has 10 rings (SSSR count). The van der Waals surface area contributed by atoms with Gasteiger partial charge in [-0.3, -0.25) is 4.98 Å². The van der Waals surface area contributed by atoms with Crippen LogP contribution in [0.4, 0.5) is 47.3 Å². The predicted octanol–water partition coefficient (Wildman–Crippen LogP) is 9.93. The molecule has 3 aliphatic heterocycles. The number of rotatable bonds is 4. The normalized spacial score (nSPS) is 13.5. The number of hydrogen-bond acceptors (Lipinski definition) is 4. The van der Waals surface area contributed by atoms with Crippen LogP contribution in [0.2, 0.25) is 0 Å². The van der Waals surface area contributed by atoms with Crippen molar-refractivity contribution in [1.82, 2.24) is 4.98 Å². The van der Waals surface area contributed by atoms with Crippen LogP contribution in [0.5, 0.6) is 11.5 Å². The third-order valence-electron chi connectivity index (χ3n) is 10.2. The van der Waals surface area contributed by atoms with Crippen molar-refractivity contribution in [2.75, 3.05) is 9.80 Å². The third-order valence-corrected chi connectivity index (χ3v) is 10.2. The molecule has 0 saturated carbocycles. The van der Waals surface area contributed by atoms with Crippen molar-refractivity contribution >= 4 is 57.2 Å². The van der Waals surface area contributed by atoms with Crippen LogP contribution in [0.1, 0.15) is 11.1 Å². The summed E-state index contributed by atoms with van der Waals surface area (Å²) in [4.78, 5) is 8.96. The summed E-state index contributed by atoms with van der Waals surface area (Å²) >= 11 is 0. The second-order valence-electron chi connectivity index (χ2n) is 13.2. The molecule has 7 aromatic rings. The molecule has 0 radical (unpaired) electrons. The molecule has 0 bridgehead atoms. The molecule has 1 aromatic heterocycles. The Hall–Kier alpha value is -6.28. The molecule has 4 nitrogen and oxygen atoms in total. The van der Waals surface area contributed by atoms with Gasteiger partial charge in [0, 0.05) is 51.4 Å². The summed E-state index contributed by atoms with van der Waals surface area (Å²) in [7, 11) is 0. The number of benzene rings is 6. The van der Waals surface area contributed by atoms with Crippen LogP contribution in [-0.2, 0) is 6.18 Å². The summed E-state index contributed by atoms with van der Waals surface area (Å²) in [6.07, 6.45) is -2.65. The van der Waals surface area contributed by atoms with Crippen molar-refractivity contribution in [3.05, 3.63) is 157 Å². The van der Waals surface area contributed by atoms with Gasteiger partial charge < -0.3 is 14.5 Å². The lowest BCUT2D eigenvalue weighted by atomic mass is 9.32. The van der Waals surface area contributed by atoms with E-state index in [4.69, 9.17) is 4.74 Å². The fraction of sp³-hybridized carbons (Fsp3) is 0.0465. The quantitative estimate of drug-likeness (QED) is 0.175. The molecule has 3 aliphatic rings. The van der Waals surface area contributed by atoms with Crippen LogP contribution in [-0.4, -0.2) is 11.7 Å². The molecule has 0 aliphatic carbocycles. The van der Waals surface area contributed by atoms with Crippen molar-refractivity contribution in [3.63, 3.8) is 0 Å². The topological polar surface area (TPSA) is 28.6 Å². The Morgan fingerprint density at radius 1 is 0.588 bits per heavy atom. The van der Waals surface area contributed by atoms with Crippen LogP contribution >= 0.6 is 0 Å². The highest BCUT2D eigenvalue weighted by atomic mass is 19.4. The molecule has 0 atom stereocenters. The summed E-state index contributed by atoms with van der Waals surface area (Å²) in [6.45, 7) is 1.89. The largest absolute Gasteiger partial charge is 0.458 e. The zero-order valence-corrected chi connectivity index (χ0v) is 27.3. The summed E-state index contributed by atoms with van der Waals surface area (Å²) in [5, 5.41) is 0. The van der Waals surface area contributed by atoms with Gasteiger partial charge in [-0.1, -0.05) is 60.2 Å². The Kier molecular flexibility index (Phi) is 6.31. The first kappa shape index (κ1) is 29.6. The molecule has 6 aromatic carbocycles. The van der Waals surface area contributed by atoms with E-state index in [-0.39, 0.29) is 6.71 Å². The Morgan fingerprint density at radius 2 is 1.27 bits per heavy atom. The monoisotopic (exact) mass is 669 g/mol. The summed E-state index contributed by atoms with van der Waals surface area (Å²) in [5.41, 5.74) is 12.8. The maximum absolute atomic E-state index is 13.7. The highest BCUT2D eigenvalue weighted by molar-refractivity contribution is 7.01. The molecular formula is C43H27BF3N3O. The first-order valence-electron chi connectivity index (χ1n) is 16.8. The average Bonchev–Trinajstić information content (AvgIpc) is 3.15. The van der Waals surface area contributed by atoms with Crippen LogP contribution in [0, 0.1) is 6.92 Å². The highest BCUT2D eigenvalue weighted by Gasteiger charge is 2.49. The van der Waals surface area contributed by atoms with Crippen molar-refractivity contribution in [1.29, 1.82) is 0 Å². The number of hydrogen-bond donors (Lipinski definition) is 0. The van der Waals surface area contributed by atoms with E-state index in [1.165, 1.54) is 0 Å². The van der Waals surface area contributed by atoms with E-state index in [1.807, 2.05) is 42.5 Å². The Bertz CT molecular complexity index is 2520. The van der Waals surface area contributed by atoms with E-state index in [0.717, 1.165) is 96.4 Å². The van der Waals surface area contributed by atoms with Crippen molar-refractivity contribution in [2.24, 2.45) is 0 Å². The molecular weight excluding hydrogens is 642 g/mol. The van der Waals surface area contributed by atoms with Crippen LogP contribution in [0.25, 0.3) is 22.4 Å². The SMILES string of the molecule is Cc1ccc(-c2ccc3c4c2Oc2cccc5c2B4c2c(cccc2N3c2ccc(C(F)(F)F)cc2)N5c2cccc(-c3ccccn3)c2)cc1. The van der Waals surface area contributed by atoms with Gasteiger partial charge in [0.1, 0.15) is 11.5 Å². The number of alkyl halides is 3. The van der Waals surface area contributed by atoms with Gasteiger partial charge in [0.2, 0.25) is 0 Å². The highest BCUT2D eigenvalue weighted by Crippen LogP contribution is 2.50. The summed E-state index contributed by atoms with van der Waals surface area (Å²) in [5.74, 6) is 1.54. The van der Waals surface area contributed by atoms with Crippen molar-refractivity contribution in [3.8, 4) is 33.9 Å². The molecule has 0 spiro atoms. The number of nitrogens with zero attached hydrogens (tertiary/aromatic N) is 3. The fourth-order valence-electron chi connectivity index (χ4n) is 7.96. The Morgan fingerprint density at radius 3 is 2.00 bits per heavy atom. The summed E-state index contributed by atoms with van der Waals surface area (Å²) < 4.78 is 48.2. The van der Waals surface area contributed by atoms with Gasteiger partial charge in [-0.2, -0.15) is 13.2 Å².